The standard InChI is InChI=1S/C34H58NO7P/c1-7-40-31(36)21-41-43(38,39)22-35-32(37)42-28-16-18-34(6)27(20-28)15-17-33(5)26-12-13-29(24(4)10-8-9-23(2)3)25(19-26)11-14-30(33)34/h15,23-26,28-30H,7-14,16-22H2,1-6H3,(H,35,37)(H,38,39)/t24-,25-,26?,28+,29-,30+,33+,34+/m1/s1. The van der Waals surface area contributed by atoms with Crippen LogP contribution in [-0.4, -0.2) is 42.6 Å². The van der Waals surface area contributed by atoms with Gasteiger partial charge in [0.05, 0.1) is 6.61 Å². The van der Waals surface area contributed by atoms with E-state index in [4.69, 9.17) is 14.0 Å². The van der Waals surface area contributed by atoms with E-state index in [0.29, 0.717) is 11.3 Å². The highest BCUT2D eigenvalue weighted by Crippen LogP contribution is 2.65. The van der Waals surface area contributed by atoms with E-state index >= 15 is 0 Å². The zero-order chi connectivity index (χ0) is 31.4. The number of fused-ring (bicyclic) bond motifs is 6. The topological polar surface area (TPSA) is 111 Å². The van der Waals surface area contributed by atoms with Crippen molar-refractivity contribution in [3.8, 4) is 0 Å². The van der Waals surface area contributed by atoms with Crippen LogP contribution in [0.4, 0.5) is 4.79 Å². The van der Waals surface area contributed by atoms with Crippen LogP contribution in [0.15, 0.2) is 11.6 Å². The van der Waals surface area contributed by atoms with Gasteiger partial charge in [-0.05, 0) is 105 Å². The Morgan fingerprint density at radius 1 is 1.12 bits per heavy atom. The molecule has 4 aliphatic carbocycles. The van der Waals surface area contributed by atoms with E-state index in [2.05, 4.69) is 46.0 Å². The van der Waals surface area contributed by atoms with Crippen LogP contribution in [0.2, 0.25) is 0 Å². The molecule has 1 amide bonds. The first-order chi connectivity index (χ1) is 20.3. The normalized spacial score (nSPS) is 35.8. The smallest absolute Gasteiger partial charge is 0.407 e. The van der Waals surface area contributed by atoms with Gasteiger partial charge >= 0.3 is 19.7 Å². The van der Waals surface area contributed by atoms with E-state index in [9.17, 15) is 19.0 Å². The van der Waals surface area contributed by atoms with E-state index in [-0.39, 0.29) is 18.1 Å². The minimum absolute atomic E-state index is 0.126. The van der Waals surface area contributed by atoms with Crippen molar-refractivity contribution in [2.45, 2.75) is 125 Å². The molecule has 43 heavy (non-hydrogen) atoms. The fourth-order valence-corrected chi connectivity index (χ4v) is 10.2. The summed E-state index contributed by atoms with van der Waals surface area (Å²) in [4.78, 5) is 33.9. The molecule has 8 nitrogen and oxygen atoms in total. The summed E-state index contributed by atoms with van der Waals surface area (Å²) in [5.41, 5.74) is 1.89. The van der Waals surface area contributed by atoms with E-state index in [1.165, 1.54) is 56.9 Å². The molecule has 4 aliphatic rings. The Morgan fingerprint density at radius 3 is 2.60 bits per heavy atom. The monoisotopic (exact) mass is 623 g/mol. The van der Waals surface area contributed by atoms with E-state index in [1.807, 2.05) is 0 Å². The molecule has 9 atom stereocenters. The zero-order valence-electron chi connectivity index (χ0n) is 27.6. The number of alkyl carbamates (subject to hydrolysis) is 1. The molecule has 0 spiro atoms. The van der Waals surface area contributed by atoms with E-state index in [0.717, 1.165) is 55.3 Å². The van der Waals surface area contributed by atoms with Crippen molar-refractivity contribution < 1.29 is 33.0 Å². The summed E-state index contributed by atoms with van der Waals surface area (Å²) >= 11 is 0. The Morgan fingerprint density at radius 2 is 1.88 bits per heavy atom. The van der Waals surface area contributed by atoms with Crippen LogP contribution in [0.5, 0.6) is 0 Å². The predicted octanol–water partition coefficient (Wildman–Crippen LogP) is 8.24. The maximum absolute atomic E-state index is 12.5. The second-order valence-electron chi connectivity index (χ2n) is 15.0. The van der Waals surface area contributed by atoms with Crippen molar-refractivity contribution in [2.24, 2.45) is 46.3 Å². The summed E-state index contributed by atoms with van der Waals surface area (Å²) in [6.07, 6.45) is 15.4. The van der Waals surface area contributed by atoms with Gasteiger partial charge in [-0.15, -0.1) is 0 Å². The van der Waals surface area contributed by atoms with Crippen LogP contribution in [0, 0.1) is 46.3 Å². The lowest BCUT2D eigenvalue weighted by Crippen LogP contribution is -2.50. The zero-order valence-corrected chi connectivity index (χ0v) is 28.5. The Labute approximate surface area is 260 Å². The van der Waals surface area contributed by atoms with E-state index in [1.54, 1.807) is 6.92 Å². The van der Waals surface area contributed by atoms with Crippen molar-refractivity contribution in [3.05, 3.63) is 11.6 Å². The summed E-state index contributed by atoms with van der Waals surface area (Å²) < 4.78 is 27.4. The molecule has 2 unspecified atom stereocenters. The second-order valence-corrected chi connectivity index (χ2v) is 16.9. The van der Waals surface area contributed by atoms with Crippen molar-refractivity contribution in [1.82, 2.24) is 5.32 Å². The van der Waals surface area contributed by atoms with Gasteiger partial charge in [-0.1, -0.05) is 65.5 Å². The van der Waals surface area contributed by atoms with Crippen molar-refractivity contribution >= 4 is 19.7 Å². The Balaban J connectivity index is 1.33. The maximum atomic E-state index is 12.5. The fraction of sp³-hybridized carbons (Fsp3) is 0.882. The summed E-state index contributed by atoms with van der Waals surface area (Å²) in [6.45, 7) is 13.4. The number of rotatable bonds is 12. The van der Waals surface area contributed by atoms with Crippen molar-refractivity contribution in [2.75, 3.05) is 19.5 Å². The molecule has 0 radical (unpaired) electrons. The molecule has 246 valence electrons. The molecule has 3 fully saturated rings. The number of amides is 1. The molecule has 3 saturated carbocycles. The van der Waals surface area contributed by atoms with Gasteiger partial charge in [0.15, 0.2) is 6.61 Å². The lowest BCUT2D eigenvalue weighted by atomic mass is 9.48. The van der Waals surface area contributed by atoms with Gasteiger partial charge in [-0.3, -0.25) is 9.09 Å². The van der Waals surface area contributed by atoms with Crippen LogP contribution in [0.25, 0.3) is 0 Å². The number of ether oxygens (including phenoxy) is 2. The minimum Gasteiger partial charge on any atom is -0.464 e. The number of carbonyl (C=O) groups excluding carboxylic acids is 2. The average molecular weight is 624 g/mol. The lowest BCUT2D eigenvalue weighted by molar-refractivity contribution is -0.145. The maximum Gasteiger partial charge on any atom is 0.407 e. The first kappa shape index (κ1) is 34.5. The van der Waals surface area contributed by atoms with Gasteiger partial charge < -0.3 is 19.7 Å². The first-order valence-electron chi connectivity index (χ1n) is 17.0. The summed E-state index contributed by atoms with van der Waals surface area (Å²) in [6, 6.07) is 0. The average Bonchev–Trinajstić information content (AvgIpc) is 3.06. The predicted molar refractivity (Wildman–Crippen MR) is 168 cm³/mol. The van der Waals surface area contributed by atoms with E-state index < -0.39 is 32.6 Å². The van der Waals surface area contributed by atoms with Crippen LogP contribution in [0.3, 0.4) is 0 Å². The molecule has 0 heterocycles. The first-order valence-corrected chi connectivity index (χ1v) is 18.8. The summed E-state index contributed by atoms with van der Waals surface area (Å²) in [7, 11) is -4.19. The van der Waals surface area contributed by atoms with Gasteiger partial charge in [0, 0.05) is 6.42 Å². The highest BCUT2D eigenvalue weighted by molar-refractivity contribution is 7.52. The fourth-order valence-electron chi connectivity index (χ4n) is 9.50. The SMILES string of the molecule is CCOC(=O)COP(=O)(O)CNC(=O)O[C@H]1CC[C@@]2(C)C(=CC[C@@]3(C)C4CC[C@H]([C@H](C)CCCC(C)C)[C@H](CC[C@H]23)C4)C1. The third-order valence-corrected chi connectivity index (χ3v) is 13.0. The van der Waals surface area contributed by atoms with Crippen LogP contribution in [0.1, 0.15) is 119 Å². The highest BCUT2D eigenvalue weighted by atomic mass is 31.2. The van der Waals surface area contributed by atoms with Gasteiger partial charge in [0.2, 0.25) is 0 Å². The summed E-state index contributed by atoms with van der Waals surface area (Å²) in [5.74, 6) is 4.06. The Kier molecular flexibility index (Phi) is 11.5. The molecular formula is C34H58NO7P. The van der Waals surface area contributed by atoms with Gasteiger partial charge in [-0.25, -0.2) is 9.59 Å². The molecule has 0 aromatic carbocycles. The molecule has 0 aromatic heterocycles. The van der Waals surface area contributed by atoms with Gasteiger partial charge in [0.1, 0.15) is 12.4 Å². The Bertz CT molecular complexity index is 1060. The molecule has 2 N–H and O–H groups in total. The summed E-state index contributed by atoms with van der Waals surface area (Å²) in [5, 5.41) is 2.35. The van der Waals surface area contributed by atoms with Gasteiger partial charge in [-0.2, -0.15) is 0 Å². The number of esters is 1. The molecule has 4 rings (SSSR count). The molecule has 0 aliphatic heterocycles. The molecule has 0 aromatic rings. The van der Waals surface area contributed by atoms with Crippen LogP contribution >= 0.6 is 7.60 Å². The van der Waals surface area contributed by atoms with Crippen LogP contribution < -0.4 is 5.32 Å². The molecular weight excluding hydrogens is 565 g/mol. The van der Waals surface area contributed by atoms with Crippen molar-refractivity contribution in [1.29, 1.82) is 0 Å². The quantitative estimate of drug-likeness (QED) is 0.128. The third kappa shape index (κ3) is 8.27. The third-order valence-electron chi connectivity index (χ3n) is 11.9. The van der Waals surface area contributed by atoms with Gasteiger partial charge in [0.25, 0.3) is 0 Å². The lowest BCUT2D eigenvalue weighted by Gasteiger charge is -2.57. The second kappa shape index (κ2) is 14.4. The van der Waals surface area contributed by atoms with Crippen molar-refractivity contribution in [3.63, 3.8) is 0 Å². The number of allylic oxidation sites excluding steroid dienone is 1. The molecule has 0 saturated heterocycles. The number of hydrogen-bond donors (Lipinski definition) is 2. The Hall–Kier alpha value is -1.37. The number of hydrogen-bond acceptors (Lipinski definition) is 6. The largest absolute Gasteiger partial charge is 0.464 e. The minimum atomic E-state index is -4.19. The van der Waals surface area contributed by atoms with Crippen LogP contribution in [-0.2, 0) is 23.4 Å². The number of nitrogens with one attached hydrogen (secondary N) is 1. The highest BCUT2D eigenvalue weighted by Gasteiger charge is 2.57. The molecule has 2 bridgehead atoms. The number of carbonyl (C=O) groups is 2. The molecule has 9 heteroatoms.